The van der Waals surface area contributed by atoms with Gasteiger partial charge in [0.1, 0.15) is 11.6 Å². The number of urea groups is 1. The number of nitrogens with zero attached hydrogens (tertiary/aromatic N) is 2. The number of halogens is 3. The van der Waals surface area contributed by atoms with E-state index in [9.17, 15) is 14.0 Å². The lowest BCUT2D eigenvalue weighted by molar-refractivity contribution is -0.136. The van der Waals surface area contributed by atoms with Crippen molar-refractivity contribution >= 4 is 46.7 Å². The minimum Gasteiger partial charge on any atom is -0.481 e. The fraction of sp³-hybridized carbons (Fsp3) is 0.0417. The van der Waals surface area contributed by atoms with Crippen molar-refractivity contribution in [3.05, 3.63) is 94.2 Å². The summed E-state index contributed by atoms with van der Waals surface area (Å²) in [4.78, 5) is 23.7. The van der Waals surface area contributed by atoms with Crippen molar-refractivity contribution in [3.63, 3.8) is 0 Å². The van der Waals surface area contributed by atoms with Crippen molar-refractivity contribution in [2.24, 2.45) is 0 Å². The molecule has 1 aromatic heterocycles. The zero-order valence-electron chi connectivity index (χ0n) is 17.4. The highest BCUT2D eigenvalue weighted by Crippen LogP contribution is 2.30. The Morgan fingerprint density at radius 2 is 1.71 bits per heavy atom. The van der Waals surface area contributed by atoms with Crippen molar-refractivity contribution in [1.29, 1.82) is 0 Å². The van der Waals surface area contributed by atoms with E-state index in [4.69, 9.17) is 28.3 Å². The molecule has 0 radical (unpaired) electrons. The van der Waals surface area contributed by atoms with Crippen LogP contribution in [0.2, 0.25) is 10.0 Å². The zero-order chi connectivity index (χ0) is 24.2. The van der Waals surface area contributed by atoms with Gasteiger partial charge in [-0.05, 0) is 42.0 Å². The zero-order valence-corrected chi connectivity index (χ0v) is 18.9. The number of carbonyl (C=O) groups excluding carboxylic acids is 1. The number of carbonyl (C=O) groups is 2. The van der Waals surface area contributed by atoms with Crippen LogP contribution < -0.4 is 10.6 Å². The molecule has 34 heavy (non-hydrogen) atoms. The summed E-state index contributed by atoms with van der Waals surface area (Å²) < 4.78 is 15.8. The van der Waals surface area contributed by atoms with Crippen LogP contribution in [0.5, 0.6) is 0 Å². The standard InChI is InChI=1S/C24H17Cl2FN4O3/c25-17-5-3-7-19(23(17)26)28-24(34)29-21-13-20(16-4-1-2-6-18(16)27)30-31(21)15-10-8-14(9-11-15)12-22(32)33/h1-11,13H,12H2,(H,32,33)(H2,28,29,34). The first kappa shape index (κ1) is 23.3. The Morgan fingerprint density at radius 3 is 2.41 bits per heavy atom. The normalized spacial score (nSPS) is 10.7. The number of aliphatic carboxylic acids is 1. The van der Waals surface area contributed by atoms with Crippen LogP contribution in [0.25, 0.3) is 16.9 Å². The fourth-order valence-corrected chi connectivity index (χ4v) is 3.62. The molecule has 0 unspecified atom stereocenters. The van der Waals surface area contributed by atoms with Crippen LogP contribution in [0, 0.1) is 5.82 Å². The van der Waals surface area contributed by atoms with Gasteiger partial charge in [0.2, 0.25) is 0 Å². The van der Waals surface area contributed by atoms with Crippen molar-refractivity contribution < 1.29 is 19.1 Å². The number of amides is 2. The third kappa shape index (κ3) is 5.19. The lowest BCUT2D eigenvalue weighted by atomic mass is 10.1. The van der Waals surface area contributed by atoms with Crippen LogP contribution >= 0.6 is 23.2 Å². The molecule has 10 heteroatoms. The molecule has 172 valence electrons. The summed E-state index contributed by atoms with van der Waals surface area (Å²) in [5.74, 6) is -1.17. The van der Waals surface area contributed by atoms with E-state index in [1.165, 1.54) is 16.8 Å². The monoisotopic (exact) mass is 498 g/mol. The molecule has 0 spiro atoms. The van der Waals surface area contributed by atoms with Crippen molar-refractivity contribution in [1.82, 2.24) is 9.78 Å². The molecule has 1 heterocycles. The van der Waals surface area contributed by atoms with E-state index in [1.54, 1.807) is 60.7 Å². The van der Waals surface area contributed by atoms with Gasteiger partial charge in [0.05, 0.1) is 33.5 Å². The van der Waals surface area contributed by atoms with Gasteiger partial charge in [-0.25, -0.2) is 13.9 Å². The van der Waals surface area contributed by atoms with E-state index in [-0.39, 0.29) is 27.8 Å². The number of anilines is 2. The molecule has 0 bridgehead atoms. The molecule has 0 aliphatic heterocycles. The summed E-state index contributed by atoms with van der Waals surface area (Å²) in [6, 6.07) is 18.5. The third-order valence-corrected chi connectivity index (χ3v) is 5.66. The molecule has 0 aliphatic carbocycles. The van der Waals surface area contributed by atoms with Gasteiger partial charge in [-0.15, -0.1) is 0 Å². The SMILES string of the molecule is O=C(O)Cc1ccc(-n2nc(-c3ccccc3F)cc2NC(=O)Nc2cccc(Cl)c2Cl)cc1. The van der Waals surface area contributed by atoms with E-state index >= 15 is 0 Å². The smallest absolute Gasteiger partial charge is 0.324 e. The van der Waals surface area contributed by atoms with E-state index < -0.39 is 17.8 Å². The molecule has 0 fully saturated rings. The second kappa shape index (κ2) is 9.94. The molecule has 7 nitrogen and oxygen atoms in total. The van der Waals surface area contributed by atoms with E-state index in [1.807, 2.05) is 0 Å². The van der Waals surface area contributed by atoms with E-state index in [0.717, 1.165) is 0 Å². The van der Waals surface area contributed by atoms with Gasteiger partial charge in [-0.3, -0.25) is 10.1 Å². The summed E-state index contributed by atoms with van der Waals surface area (Å²) in [6.45, 7) is 0. The first-order chi connectivity index (χ1) is 16.3. The number of carboxylic acids is 1. The molecule has 0 saturated heterocycles. The van der Waals surface area contributed by atoms with Gasteiger partial charge in [-0.2, -0.15) is 5.10 Å². The summed E-state index contributed by atoms with van der Waals surface area (Å²) in [6.07, 6.45) is -0.131. The fourth-order valence-electron chi connectivity index (χ4n) is 3.27. The third-order valence-electron chi connectivity index (χ3n) is 4.84. The first-order valence-corrected chi connectivity index (χ1v) is 10.8. The van der Waals surface area contributed by atoms with Crippen LogP contribution in [0.15, 0.2) is 72.8 Å². The van der Waals surface area contributed by atoms with Crippen LogP contribution in [0.3, 0.4) is 0 Å². The second-order valence-corrected chi connectivity index (χ2v) is 8.01. The van der Waals surface area contributed by atoms with Gasteiger partial charge < -0.3 is 10.4 Å². The molecular formula is C24H17Cl2FN4O3. The van der Waals surface area contributed by atoms with Crippen LogP contribution in [-0.2, 0) is 11.2 Å². The predicted octanol–water partition coefficient (Wildman–Crippen LogP) is 6.26. The molecule has 4 aromatic rings. The Balaban J connectivity index is 1.68. The molecular weight excluding hydrogens is 482 g/mol. The summed E-state index contributed by atoms with van der Waals surface area (Å²) in [5, 5.41) is 19.2. The number of rotatable bonds is 6. The molecule has 2 amide bonds. The van der Waals surface area contributed by atoms with Gasteiger partial charge in [-0.1, -0.05) is 53.5 Å². The molecule has 3 N–H and O–H groups in total. The Kier molecular flexibility index (Phi) is 6.81. The number of hydrogen-bond acceptors (Lipinski definition) is 3. The summed E-state index contributed by atoms with van der Waals surface area (Å²) >= 11 is 12.1. The average molecular weight is 499 g/mol. The maximum absolute atomic E-state index is 14.4. The van der Waals surface area contributed by atoms with Gasteiger partial charge in [0.15, 0.2) is 0 Å². The highest BCUT2D eigenvalue weighted by atomic mass is 35.5. The highest BCUT2D eigenvalue weighted by molar-refractivity contribution is 6.44. The topological polar surface area (TPSA) is 96.2 Å². The molecule has 3 aromatic carbocycles. The highest BCUT2D eigenvalue weighted by Gasteiger charge is 2.17. The minimum absolute atomic E-state index is 0.131. The number of hydrogen-bond donors (Lipinski definition) is 3. The van der Waals surface area contributed by atoms with Crippen molar-refractivity contribution in [3.8, 4) is 16.9 Å². The average Bonchev–Trinajstić information content (AvgIpc) is 3.20. The van der Waals surface area contributed by atoms with Crippen LogP contribution in [0.1, 0.15) is 5.56 Å². The van der Waals surface area contributed by atoms with Gasteiger partial charge in [0.25, 0.3) is 0 Å². The Hall–Kier alpha value is -3.88. The van der Waals surface area contributed by atoms with Gasteiger partial charge >= 0.3 is 12.0 Å². The van der Waals surface area contributed by atoms with Crippen LogP contribution in [0.4, 0.5) is 20.7 Å². The quantitative estimate of drug-likeness (QED) is 0.292. The first-order valence-electron chi connectivity index (χ1n) is 10.00. The summed E-state index contributed by atoms with van der Waals surface area (Å²) in [7, 11) is 0. The maximum atomic E-state index is 14.4. The molecule has 0 saturated carbocycles. The summed E-state index contributed by atoms with van der Waals surface area (Å²) in [5.41, 5.74) is 1.99. The number of aromatic nitrogens is 2. The van der Waals surface area contributed by atoms with Crippen molar-refractivity contribution in [2.45, 2.75) is 6.42 Å². The lowest BCUT2D eigenvalue weighted by Crippen LogP contribution is -2.21. The molecule has 0 atom stereocenters. The number of carboxylic acid groups (broad SMARTS) is 1. The largest absolute Gasteiger partial charge is 0.481 e. The Bertz CT molecular complexity index is 1370. The Morgan fingerprint density at radius 1 is 0.971 bits per heavy atom. The van der Waals surface area contributed by atoms with Crippen molar-refractivity contribution in [2.75, 3.05) is 10.6 Å². The predicted molar refractivity (Wildman–Crippen MR) is 129 cm³/mol. The Labute approximate surface area is 203 Å². The maximum Gasteiger partial charge on any atom is 0.324 e. The molecule has 0 aliphatic rings. The number of nitrogens with one attached hydrogen (secondary N) is 2. The van der Waals surface area contributed by atoms with Gasteiger partial charge in [0, 0.05) is 11.6 Å². The lowest BCUT2D eigenvalue weighted by Gasteiger charge is -2.11. The second-order valence-electron chi connectivity index (χ2n) is 7.22. The number of benzene rings is 3. The minimum atomic E-state index is -0.951. The molecule has 4 rings (SSSR count). The van der Waals surface area contributed by atoms with Crippen LogP contribution in [-0.4, -0.2) is 26.9 Å². The van der Waals surface area contributed by atoms with E-state index in [0.29, 0.717) is 22.6 Å². The van der Waals surface area contributed by atoms with E-state index in [2.05, 4.69) is 15.7 Å².